The molecule has 150 valence electrons. The number of aliphatic hydroxyl groups is 1. The van der Waals surface area contributed by atoms with Gasteiger partial charge in [-0.2, -0.15) is 0 Å². The van der Waals surface area contributed by atoms with Gasteiger partial charge in [0.15, 0.2) is 0 Å². The molecule has 1 aromatic heterocycles. The number of hydrogen-bond donors (Lipinski definition) is 3. The smallest absolute Gasteiger partial charge is 0.310 e. The molecule has 0 atom stereocenters. The van der Waals surface area contributed by atoms with E-state index in [-0.39, 0.29) is 22.7 Å². The van der Waals surface area contributed by atoms with Crippen LogP contribution in [0.15, 0.2) is 18.7 Å². The maximum Gasteiger partial charge on any atom is 0.310 e. The van der Waals surface area contributed by atoms with E-state index in [9.17, 15) is 9.59 Å². The van der Waals surface area contributed by atoms with E-state index in [2.05, 4.69) is 21.2 Å². The van der Waals surface area contributed by atoms with Gasteiger partial charge in [-0.1, -0.05) is 20.8 Å². The second-order valence-electron chi connectivity index (χ2n) is 6.27. The summed E-state index contributed by atoms with van der Waals surface area (Å²) in [5, 5.41) is 7.00. The van der Waals surface area contributed by atoms with Gasteiger partial charge in [-0.25, -0.2) is 4.98 Å². The minimum absolute atomic E-state index is 0.0648. The molecule has 0 bridgehead atoms. The number of carbonyl (C=O) groups is 2. The van der Waals surface area contributed by atoms with Crippen LogP contribution in [-0.2, 0) is 9.53 Å². The van der Waals surface area contributed by atoms with Gasteiger partial charge < -0.3 is 21.3 Å². The second kappa shape index (κ2) is 17.1. The lowest BCUT2D eigenvalue weighted by Gasteiger charge is -2.15. The second-order valence-corrected chi connectivity index (χ2v) is 6.27. The van der Waals surface area contributed by atoms with Gasteiger partial charge in [-0.3, -0.25) is 14.2 Å². The van der Waals surface area contributed by atoms with Crippen LogP contribution in [-0.4, -0.2) is 54.8 Å². The van der Waals surface area contributed by atoms with Crippen LogP contribution in [0.2, 0.25) is 0 Å². The molecule has 0 aromatic carbocycles. The standard InChI is InChI=1S/C8H12N2O.C6H12O2.2CH5N.CH4O/c1-8(2,3)7(11)10-5-4-9-6-10;1-6(2,3)5(7)8-4;3*1-2/h4-6H,1-3H3;1-4H3;2*2H2,1H3;2H,1H3. The highest BCUT2D eigenvalue weighted by molar-refractivity contribution is 5.83. The predicted octanol–water partition coefficient (Wildman–Crippen LogP) is 1.53. The third kappa shape index (κ3) is 16.9. The Morgan fingerprint density at radius 1 is 0.960 bits per heavy atom. The third-order valence-electron chi connectivity index (χ3n) is 2.18. The van der Waals surface area contributed by atoms with Crippen LogP contribution in [0, 0.1) is 10.8 Å². The minimum atomic E-state index is -0.352. The molecule has 0 radical (unpaired) electrons. The van der Waals surface area contributed by atoms with Crippen LogP contribution in [0.1, 0.15) is 46.3 Å². The van der Waals surface area contributed by atoms with E-state index in [1.807, 2.05) is 41.5 Å². The zero-order valence-electron chi connectivity index (χ0n) is 17.5. The van der Waals surface area contributed by atoms with Gasteiger partial charge in [0.2, 0.25) is 5.91 Å². The summed E-state index contributed by atoms with van der Waals surface area (Å²) >= 11 is 0. The molecular weight excluding hydrogens is 324 g/mol. The molecule has 5 N–H and O–H groups in total. The fourth-order valence-electron chi connectivity index (χ4n) is 1.07. The number of carbonyl (C=O) groups excluding carboxylic acids is 2. The van der Waals surface area contributed by atoms with Crippen molar-refractivity contribution in [2.75, 3.05) is 28.3 Å². The topological polar surface area (TPSA) is 133 Å². The number of imidazole rings is 1. The van der Waals surface area contributed by atoms with Crippen LogP contribution in [0.3, 0.4) is 0 Å². The van der Waals surface area contributed by atoms with Crippen molar-refractivity contribution in [1.82, 2.24) is 9.55 Å². The van der Waals surface area contributed by atoms with Gasteiger partial charge in [-0.15, -0.1) is 0 Å². The summed E-state index contributed by atoms with van der Waals surface area (Å²) in [5.74, 6) is -0.104. The van der Waals surface area contributed by atoms with Crippen molar-refractivity contribution >= 4 is 11.9 Å². The lowest BCUT2D eigenvalue weighted by Crippen LogP contribution is -2.25. The van der Waals surface area contributed by atoms with Gasteiger partial charge in [0.1, 0.15) is 6.33 Å². The van der Waals surface area contributed by atoms with Crippen molar-refractivity contribution in [3.63, 3.8) is 0 Å². The van der Waals surface area contributed by atoms with E-state index in [0.29, 0.717) is 0 Å². The molecule has 25 heavy (non-hydrogen) atoms. The first-order valence-corrected chi connectivity index (χ1v) is 7.71. The molecule has 0 saturated carbocycles. The molecule has 0 spiro atoms. The van der Waals surface area contributed by atoms with E-state index < -0.39 is 0 Å². The molecule has 8 heteroatoms. The number of methoxy groups -OCH3 is 1. The van der Waals surface area contributed by atoms with Crippen molar-refractivity contribution in [1.29, 1.82) is 0 Å². The summed E-state index contributed by atoms with van der Waals surface area (Å²) in [7, 11) is 5.40. The highest BCUT2D eigenvalue weighted by atomic mass is 16.5. The summed E-state index contributed by atoms with van der Waals surface area (Å²) in [6.45, 7) is 11.1. The monoisotopic (exact) mass is 362 g/mol. The van der Waals surface area contributed by atoms with Crippen LogP contribution in [0.4, 0.5) is 0 Å². The van der Waals surface area contributed by atoms with Gasteiger partial charge in [0.05, 0.1) is 12.5 Å². The number of nitrogens with zero attached hydrogens (tertiary/aromatic N) is 2. The Balaban J connectivity index is -0.000000139. The molecule has 1 aromatic rings. The Labute approximate surface area is 152 Å². The maximum atomic E-state index is 11.5. The number of nitrogens with two attached hydrogens (primary N) is 2. The van der Waals surface area contributed by atoms with E-state index in [4.69, 9.17) is 5.11 Å². The van der Waals surface area contributed by atoms with Crippen molar-refractivity contribution < 1.29 is 19.4 Å². The van der Waals surface area contributed by atoms with E-state index >= 15 is 0 Å². The SMILES string of the molecule is CC(C)(C)C(=O)n1ccnc1.CN.CN.CO.COC(=O)C(C)(C)C. The molecule has 0 fully saturated rings. The Hall–Kier alpha value is -1.77. The number of rotatable bonds is 0. The lowest BCUT2D eigenvalue weighted by atomic mass is 9.96. The molecule has 8 nitrogen and oxygen atoms in total. The van der Waals surface area contributed by atoms with Crippen LogP contribution in [0.25, 0.3) is 0 Å². The molecule has 0 saturated heterocycles. The normalized spacial score (nSPS) is 9.32. The Bertz CT molecular complexity index is 419. The Kier molecular flexibility index (Phi) is 21.2. The van der Waals surface area contributed by atoms with Gasteiger partial charge in [0.25, 0.3) is 0 Å². The number of hydrogen-bond acceptors (Lipinski definition) is 7. The molecule has 0 unspecified atom stereocenters. The number of aromatic nitrogens is 2. The molecule has 1 rings (SSSR count). The quantitative estimate of drug-likeness (QED) is 0.596. The first-order chi connectivity index (χ1) is 11.5. The third-order valence-corrected chi connectivity index (χ3v) is 2.18. The van der Waals surface area contributed by atoms with Crippen molar-refractivity contribution in [2.24, 2.45) is 22.3 Å². The Morgan fingerprint density at radius 2 is 1.36 bits per heavy atom. The van der Waals surface area contributed by atoms with Crippen molar-refractivity contribution in [2.45, 2.75) is 41.5 Å². The van der Waals surface area contributed by atoms with Crippen LogP contribution in [0.5, 0.6) is 0 Å². The van der Waals surface area contributed by atoms with Gasteiger partial charge in [0, 0.05) is 24.9 Å². The zero-order valence-corrected chi connectivity index (χ0v) is 17.5. The van der Waals surface area contributed by atoms with E-state index in [1.54, 1.807) is 12.4 Å². The average Bonchev–Trinajstić information content (AvgIpc) is 3.12. The maximum absolute atomic E-state index is 11.5. The van der Waals surface area contributed by atoms with Crippen LogP contribution < -0.4 is 11.5 Å². The molecule has 1 heterocycles. The largest absolute Gasteiger partial charge is 0.469 e. The lowest BCUT2D eigenvalue weighted by molar-refractivity contribution is -0.149. The molecule has 0 aliphatic carbocycles. The average molecular weight is 363 g/mol. The summed E-state index contributed by atoms with van der Waals surface area (Å²) in [4.78, 5) is 25.9. The predicted molar refractivity (Wildman–Crippen MR) is 102 cm³/mol. The summed E-state index contributed by atoms with van der Waals surface area (Å²) in [6, 6.07) is 0. The Morgan fingerprint density at radius 3 is 1.52 bits per heavy atom. The highest BCUT2D eigenvalue weighted by Gasteiger charge is 2.22. The summed E-state index contributed by atoms with van der Waals surface area (Å²) in [5.41, 5.74) is 8.31. The molecule has 0 amide bonds. The first kappa shape index (κ1) is 31.0. The van der Waals surface area contributed by atoms with Crippen LogP contribution >= 0.6 is 0 Å². The zero-order chi connectivity index (χ0) is 21.3. The minimum Gasteiger partial charge on any atom is -0.469 e. The highest BCUT2D eigenvalue weighted by Crippen LogP contribution is 2.15. The fraction of sp³-hybridized carbons (Fsp3) is 0.706. The van der Waals surface area contributed by atoms with Crippen molar-refractivity contribution in [3.05, 3.63) is 18.7 Å². The van der Waals surface area contributed by atoms with Gasteiger partial charge >= 0.3 is 5.97 Å². The number of aliphatic hydroxyl groups excluding tert-OH is 1. The molecule has 0 aliphatic heterocycles. The van der Waals surface area contributed by atoms with E-state index in [0.717, 1.165) is 7.11 Å². The van der Waals surface area contributed by atoms with E-state index in [1.165, 1.54) is 32.1 Å². The first-order valence-electron chi connectivity index (χ1n) is 7.71. The summed E-state index contributed by atoms with van der Waals surface area (Å²) in [6.07, 6.45) is 4.78. The number of ether oxygens (including phenoxy) is 1. The van der Waals surface area contributed by atoms with Crippen molar-refractivity contribution in [3.8, 4) is 0 Å². The molecular formula is C17H38N4O4. The summed E-state index contributed by atoms with van der Waals surface area (Å²) < 4.78 is 5.98. The van der Waals surface area contributed by atoms with Gasteiger partial charge in [-0.05, 0) is 34.9 Å². The fourth-order valence-corrected chi connectivity index (χ4v) is 1.07. The number of esters is 1. The molecule has 0 aliphatic rings.